The van der Waals surface area contributed by atoms with Crippen LogP contribution in [0.25, 0.3) is 10.8 Å². The van der Waals surface area contributed by atoms with Gasteiger partial charge in [-0.3, -0.25) is 4.79 Å². The SMILES string of the molecule is COC(CC(C)=O)c1cccc2ccccc12.[H-].[Na+]. The normalized spacial score (nSPS) is 11.9. The summed E-state index contributed by atoms with van der Waals surface area (Å²) in [6.45, 7) is 1.59. The Hall–Kier alpha value is -0.670. The molecule has 1 atom stereocenters. The Morgan fingerprint density at radius 3 is 2.56 bits per heavy atom. The Kier molecular flexibility index (Phi) is 6.03. The Balaban J connectivity index is 0.00000162. The molecular formula is C15H17NaO2. The van der Waals surface area contributed by atoms with Gasteiger partial charge in [-0.25, -0.2) is 0 Å². The third kappa shape index (κ3) is 3.42. The smallest absolute Gasteiger partial charge is 1.00 e. The topological polar surface area (TPSA) is 26.3 Å². The van der Waals surface area contributed by atoms with E-state index in [1.54, 1.807) is 14.0 Å². The van der Waals surface area contributed by atoms with E-state index in [1.165, 1.54) is 5.39 Å². The standard InChI is InChI=1S/C15H16O2.Na.H/c1-11(16)10-15(17-2)14-9-5-7-12-6-3-4-8-13(12)14;;/h3-9,15H,10H2,1-2H3;;/q;+1;-1. The van der Waals surface area contributed by atoms with Crippen LogP contribution < -0.4 is 29.6 Å². The first-order valence-electron chi connectivity index (χ1n) is 5.72. The summed E-state index contributed by atoms with van der Waals surface area (Å²) in [6, 6.07) is 14.3. The maximum absolute atomic E-state index is 11.2. The van der Waals surface area contributed by atoms with Crippen molar-refractivity contribution < 1.29 is 40.5 Å². The third-order valence-electron chi connectivity index (χ3n) is 2.93. The van der Waals surface area contributed by atoms with Gasteiger partial charge in [0.25, 0.3) is 0 Å². The number of hydrogen-bond acceptors (Lipinski definition) is 2. The van der Waals surface area contributed by atoms with Gasteiger partial charge in [0.05, 0.1) is 6.10 Å². The summed E-state index contributed by atoms with van der Waals surface area (Å²) in [7, 11) is 1.65. The van der Waals surface area contributed by atoms with Gasteiger partial charge in [-0.1, -0.05) is 42.5 Å². The van der Waals surface area contributed by atoms with Crippen molar-refractivity contribution in [3.05, 3.63) is 48.0 Å². The van der Waals surface area contributed by atoms with Gasteiger partial charge >= 0.3 is 29.6 Å². The summed E-state index contributed by atoms with van der Waals surface area (Å²) >= 11 is 0. The van der Waals surface area contributed by atoms with Crippen molar-refractivity contribution in [2.45, 2.75) is 19.4 Å². The Morgan fingerprint density at radius 1 is 1.22 bits per heavy atom. The number of Topliss-reactive ketones (excluding diaryl/α,β-unsaturated/α-hetero) is 1. The van der Waals surface area contributed by atoms with E-state index in [2.05, 4.69) is 18.2 Å². The first kappa shape index (κ1) is 15.4. The minimum atomic E-state index is -0.154. The molecule has 0 N–H and O–H groups in total. The molecule has 2 aromatic rings. The first-order valence-corrected chi connectivity index (χ1v) is 5.72. The molecule has 2 rings (SSSR count). The van der Waals surface area contributed by atoms with Gasteiger partial charge in [-0.15, -0.1) is 0 Å². The van der Waals surface area contributed by atoms with Crippen LogP contribution in [0.4, 0.5) is 0 Å². The zero-order chi connectivity index (χ0) is 12.3. The molecule has 90 valence electrons. The van der Waals surface area contributed by atoms with Crippen molar-refractivity contribution >= 4 is 16.6 Å². The molecule has 0 amide bonds. The molecular weight excluding hydrogens is 235 g/mol. The van der Waals surface area contributed by atoms with Gasteiger partial charge in [0.1, 0.15) is 5.78 Å². The molecule has 3 heteroatoms. The van der Waals surface area contributed by atoms with Crippen LogP contribution in [0, 0.1) is 0 Å². The van der Waals surface area contributed by atoms with E-state index in [1.807, 2.05) is 24.3 Å². The maximum Gasteiger partial charge on any atom is 1.00 e. The van der Waals surface area contributed by atoms with E-state index in [4.69, 9.17) is 4.74 Å². The molecule has 0 heterocycles. The van der Waals surface area contributed by atoms with E-state index in [0.717, 1.165) is 10.9 Å². The predicted octanol–water partition coefficient (Wildman–Crippen LogP) is 0.623. The largest absolute Gasteiger partial charge is 1.00 e. The van der Waals surface area contributed by atoms with Gasteiger partial charge in [0, 0.05) is 13.5 Å². The summed E-state index contributed by atoms with van der Waals surface area (Å²) in [5, 5.41) is 2.33. The Bertz CT molecular complexity index is 537. The second kappa shape index (κ2) is 7.05. The molecule has 0 fully saturated rings. The number of hydrogen-bond donors (Lipinski definition) is 0. The zero-order valence-electron chi connectivity index (χ0n) is 12.1. The molecule has 0 aliphatic rings. The van der Waals surface area contributed by atoms with Crippen molar-refractivity contribution in [1.82, 2.24) is 0 Å². The summed E-state index contributed by atoms with van der Waals surface area (Å²) < 4.78 is 5.43. The minimum absolute atomic E-state index is 0. The summed E-state index contributed by atoms with van der Waals surface area (Å²) in [5.74, 6) is 0.143. The van der Waals surface area contributed by atoms with Crippen LogP contribution in [0.3, 0.4) is 0 Å². The molecule has 0 saturated heterocycles. The van der Waals surface area contributed by atoms with Crippen LogP contribution in [-0.4, -0.2) is 12.9 Å². The van der Waals surface area contributed by atoms with Gasteiger partial charge in [-0.2, -0.15) is 0 Å². The fraction of sp³-hybridized carbons (Fsp3) is 0.267. The maximum atomic E-state index is 11.2. The van der Waals surface area contributed by atoms with Gasteiger partial charge < -0.3 is 6.16 Å². The molecule has 0 spiro atoms. The average molecular weight is 252 g/mol. The van der Waals surface area contributed by atoms with Crippen LogP contribution in [0.15, 0.2) is 42.5 Å². The molecule has 18 heavy (non-hydrogen) atoms. The van der Waals surface area contributed by atoms with E-state index >= 15 is 0 Å². The summed E-state index contributed by atoms with van der Waals surface area (Å²) in [4.78, 5) is 11.2. The van der Waals surface area contributed by atoms with Crippen LogP contribution >= 0.6 is 0 Å². The van der Waals surface area contributed by atoms with E-state index < -0.39 is 0 Å². The number of fused-ring (bicyclic) bond motifs is 1. The second-order valence-electron chi connectivity index (χ2n) is 4.20. The van der Waals surface area contributed by atoms with Gasteiger partial charge in [-0.05, 0) is 23.3 Å². The zero-order valence-corrected chi connectivity index (χ0v) is 13.1. The van der Waals surface area contributed by atoms with Gasteiger partial charge in [0.2, 0.25) is 0 Å². The van der Waals surface area contributed by atoms with Gasteiger partial charge in [0.15, 0.2) is 0 Å². The Labute approximate surface area is 131 Å². The molecule has 2 nitrogen and oxygen atoms in total. The van der Waals surface area contributed by atoms with Crippen LogP contribution in [0.5, 0.6) is 0 Å². The number of carbonyl (C=O) groups is 1. The summed E-state index contributed by atoms with van der Waals surface area (Å²) in [5.41, 5.74) is 1.08. The number of methoxy groups -OCH3 is 1. The number of benzene rings is 2. The molecule has 0 saturated carbocycles. The minimum Gasteiger partial charge on any atom is -1.00 e. The molecule has 0 aliphatic heterocycles. The molecule has 0 aliphatic carbocycles. The third-order valence-corrected chi connectivity index (χ3v) is 2.93. The van der Waals surface area contributed by atoms with E-state index in [-0.39, 0.29) is 42.9 Å². The molecule has 0 aromatic heterocycles. The molecule has 0 bridgehead atoms. The first-order chi connectivity index (χ1) is 8.22. The number of carbonyl (C=O) groups excluding carboxylic acids is 1. The molecule has 1 unspecified atom stereocenters. The van der Waals surface area contributed by atoms with E-state index in [9.17, 15) is 4.79 Å². The van der Waals surface area contributed by atoms with Crippen LogP contribution in [0.1, 0.15) is 26.4 Å². The second-order valence-corrected chi connectivity index (χ2v) is 4.20. The fourth-order valence-electron chi connectivity index (χ4n) is 2.11. The monoisotopic (exact) mass is 252 g/mol. The number of ether oxygens (including phenoxy) is 1. The van der Waals surface area contributed by atoms with Crippen molar-refractivity contribution in [2.75, 3.05) is 7.11 Å². The Morgan fingerprint density at radius 2 is 1.89 bits per heavy atom. The van der Waals surface area contributed by atoms with Crippen LogP contribution in [0.2, 0.25) is 0 Å². The van der Waals surface area contributed by atoms with E-state index in [0.29, 0.717) is 6.42 Å². The van der Waals surface area contributed by atoms with Crippen molar-refractivity contribution in [3.63, 3.8) is 0 Å². The number of ketones is 1. The van der Waals surface area contributed by atoms with Crippen molar-refractivity contribution in [2.24, 2.45) is 0 Å². The molecule has 2 aromatic carbocycles. The van der Waals surface area contributed by atoms with Crippen molar-refractivity contribution in [1.29, 1.82) is 0 Å². The molecule has 0 radical (unpaired) electrons. The van der Waals surface area contributed by atoms with Crippen molar-refractivity contribution in [3.8, 4) is 0 Å². The fourth-order valence-corrected chi connectivity index (χ4v) is 2.11. The predicted molar refractivity (Wildman–Crippen MR) is 70.1 cm³/mol. The summed E-state index contributed by atoms with van der Waals surface area (Å²) in [6.07, 6.45) is 0.267. The quantitative estimate of drug-likeness (QED) is 0.746. The average Bonchev–Trinajstić information content (AvgIpc) is 2.35. The number of rotatable bonds is 4. The van der Waals surface area contributed by atoms with Crippen LogP contribution in [-0.2, 0) is 9.53 Å².